The van der Waals surface area contributed by atoms with Gasteiger partial charge in [0.15, 0.2) is 0 Å². The molecule has 0 spiro atoms. The summed E-state index contributed by atoms with van der Waals surface area (Å²) < 4.78 is 13.7. The molecule has 5 heteroatoms. The minimum atomic E-state index is -0.403. The number of aliphatic hydroxyl groups is 1. The number of halogens is 1. The first-order valence-corrected chi connectivity index (χ1v) is 8.64. The molecule has 132 valence electrons. The molecule has 1 fully saturated rings. The lowest BCUT2D eigenvalue weighted by atomic mass is 9.97. The molecule has 4 nitrogen and oxygen atoms in total. The number of likely N-dealkylation sites (tertiary alicyclic amines) is 1. The van der Waals surface area contributed by atoms with Gasteiger partial charge in [0.25, 0.3) is 0 Å². The quantitative estimate of drug-likeness (QED) is 0.895. The lowest BCUT2D eigenvalue weighted by Gasteiger charge is -2.32. The van der Waals surface area contributed by atoms with Gasteiger partial charge in [0.1, 0.15) is 5.82 Å². The van der Waals surface area contributed by atoms with Crippen LogP contribution in [0.1, 0.15) is 30.0 Å². The summed E-state index contributed by atoms with van der Waals surface area (Å²) in [5, 5.41) is 12.3. The molecule has 1 aliphatic rings. The maximum atomic E-state index is 13.7. The van der Waals surface area contributed by atoms with E-state index in [9.17, 15) is 14.3 Å². The van der Waals surface area contributed by atoms with Gasteiger partial charge in [0.05, 0.1) is 6.04 Å². The van der Waals surface area contributed by atoms with E-state index in [0.29, 0.717) is 18.7 Å². The summed E-state index contributed by atoms with van der Waals surface area (Å²) in [5.41, 5.74) is 1.62. The third-order valence-electron chi connectivity index (χ3n) is 4.74. The van der Waals surface area contributed by atoms with Gasteiger partial charge in [-0.1, -0.05) is 42.5 Å². The highest BCUT2D eigenvalue weighted by atomic mass is 19.1. The van der Waals surface area contributed by atoms with E-state index in [1.807, 2.05) is 36.4 Å². The van der Waals surface area contributed by atoms with Crippen molar-refractivity contribution in [3.63, 3.8) is 0 Å². The second-order valence-electron chi connectivity index (χ2n) is 6.46. The number of aliphatic hydroxyl groups excluding tert-OH is 1. The van der Waals surface area contributed by atoms with Crippen molar-refractivity contribution in [3.05, 3.63) is 71.5 Å². The van der Waals surface area contributed by atoms with Crippen molar-refractivity contribution >= 4 is 6.03 Å². The molecule has 2 amide bonds. The fourth-order valence-corrected chi connectivity index (χ4v) is 3.22. The topological polar surface area (TPSA) is 52.6 Å². The number of hydrogen-bond donors (Lipinski definition) is 2. The summed E-state index contributed by atoms with van der Waals surface area (Å²) in [4.78, 5) is 14.5. The van der Waals surface area contributed by atoms with Crippen molar-refractivity contribution in [1.82, 2.24) is 10.2 Å². The molecule has 1 aliphatic heterocycles. The van der Waals surface area contributed by atoms with Crippen molar-refractivity contribution in [1.29, 1.82) is 0 Å². The van der Waals surface area contributed by atoms with E-state index in [2.05, 4.69) is 5.32 Å². The first kappa shape index (κ1) is 17.4. The van der Waals surface area contributed by atoms with Crippen LogP contribution in [0.4, 0.5) is 9.18 Å². The van der Waals surface area contributed by atoms with Gasteiger partial charge < -0.3 is 15.3 Å². The van der Waals surface area contributed by atoms with Crippen LogP contribution < -0.4 is 5.32 Å². The molecule has 1 saturated heterocycles. The van der Waals surface area contributed by atoms with Crippen LogP contribution in [0.3, 0.4) is 0 Å². The average Bonchev–Trinajstić information content (AvgIpc) is 2.66. The van der Waals surface area contributed by atoms with Gasteiger partial charge in [-0.25, -0.2) is 9.18 Å². The van der Waals surface area contributed by atoms with Crippen LogP contribution >= 0.6 is 0 Å². The molecule has 0 aromatic heterocycles. The molecular weight excluding hydrogens is 319 g/mol. The number of amides is 2. The van der Waals surface area contributed by atoms with Gasteiger partial charge in [-0.2, -0.15) is 0 Å². The number of carbonyl (C=O) groups excluding carboxylic acids is 1. The van der Waals surface area contributed by atoms with Crippen LogP contribution in [0.15, 0.2) is 54.6 Å². The molecule has 25 heavy (non-hydrogen) atoms. The molecule has 1 unspecified atom stereocenters. The summed E-state index contributed by atoms with van der Waals surface area (Å²) in [7, 11) is 0. The Kier molecular flexibility index (Phi) is 5.66. The van der Waals surface area contributed by atoms with Gasteiger partial charge in [-0.15, -0.1) is 0 Å². The van der Waals surface area contributed by atoms with E-state index >= 15 is 0 Å². The van der Waals surface area contributed by atoms with E-state index in [1.54, 1.807) is 11.0 Å². The standard InChI is InChI=1S/C20H23FN2O2/c21-18-8-4-7-17(13-18)19(16-5-2-1-3-6-16)22-20(25)23-11-9-15(14-24)10-12-23/h1-8,13,15,19,24H,9-12,14H2,(H,22,25). The number of rotatable bonds is 4. The van der Waals surface area contributed by atoms with Crippen LogP contribution in [-0.4, -0.2) is 35.7 Å². The minimum absolute atomic E-state index is 0.158. The highest BCUT2D eigenvalue weighted by Gasteiger charge is 2.25. The van der Waals surface area contributed by atoms with Gasteiger partial charge in [-0.05, 0) is 42.0 Å². The number of piperidine rings is 1. The number of carbonyl (C=O) groups is 1. The van der Waals surface area contributed by atoms with Crippen LogP contribution in [0.25, 0.3) is 0 Å². The van der Waals surface area contributed by atoms with E-state index in [0.717, 1.165) is 18.4 Å². The Morgan fingerprint density at radius 1 is 1.12 bits per heavy atom. The number of urea groups is 1. The molecule has 0 radical (unpaired) electrons. The summed E-state index contributed by atoms with van der Waals surface area (Å²) in [6, 6.07) is 15.3. The van der Waals surface area contributed by atoms with E-state index in [4.69, 9.17) is 0 Å². The van der Waals surface area contributed by atoms with E-state index in [-0.39, 0.29) is 24.4 Å². The molecule has 2 aromatic carbocycles. The van der Waals surface area contributed by atoms with Crippen LogP contribution in [-0.2, 0) is 0 Å². The summed E-state index contributed by atoms with van der Waals surface area (Å²) in [6.07, 6.45) is 1.61. The second kappa shape index (κ2) is 8.12. The first-order chi connectivity index (χ1) is 12.2. The van der Waals surface area contributed by atoms with Crippen molar-refractivity contribution in [2.24, 2.45) is 5.92 Å². The SMILES string of the molecule is O=C(NC(c1ccccc1)c1cccc(F)c1)N1CCC(CO)CC1. The van der Waals surface area contributed by atoms with Crippen LogP contribution in [0.2, 0.25) is 0 Å². The summed E-state index contributed by atoms with van der Waals surface area (Å²) in [5.74, 6) is -0.0476. The second-order valence-corrected chi connectivity index (χ2v) is 6.46. The monoisotopic (exact) mass is 342 g/mol. The first-order valence-electron chi connectivity index (χ1n) is 8.64. The molecule has 2 aromatic rings. The number of hydrogen-bond acceptors (Lipinski definition) is 2. The lowest BCUT2D eigenvalue weighted by molar-refractivity contribution is 0.136. The van der Waals surface area contributed by atoms with Crippen LogP contribution in [0.5, 0.6) is 0 Å². The average molecular weight is 342 g/mol. The molecule has 0 bridgehead atoms. The highest BCUT2D eigenvalue weighted by molar-refractivity contribution is 5.75. The predicted molar refractivity (Wildman–Crippen MR) is 94.6 cm³/mol. The maximum Gasteiger partial charge on any atom is 0.318 e. The molecule has 1 heterocycles. The Balaban J connectivity index is 1.77. The zero-order valence-corrected chi connectivity index (χ0v) is 14.1. The predicted octanol–water partition coefficient (Wildman–Crippen LogP) is 3.33. The summed E-state index contributed by atoms with van der Waals surface area (Å²) >= 11 is 0. The summed E-state index contributed by atoms with van der Waals surface area (Å²) in [6.45, 7) is 1.43. The highest BCUT2D eigenvalue weighted by Crippen LogP contribution is 2.24. The number of nitrogens with one attached hydrogen (secondary N) is 1. The Hall–Kier alpha value is -2.40. The van der Waals surface area contributed by atoms with Crippen molar-refractivity contribution in [2.45, 2.75) is 18.9 Å². The zero-order valence-electron chi connectivity index (χ0n) is 14.1. The van der Waals surface area contributed by atoms with Crippen LogP contribution in [0, 0.1) is 11.7 Å². The molecule has 1 atom stereocenters. The smallest absolute Gasteiger partial charge is 0.318 e. The largest absolute Gasteiger partial charge is 0.396 e. The molecule has 2 N–H and O–H groups in total. The minimum Gasteiger partial charge on any atom is -0.396 e. The normalized spacial score (nSPS) is 16.5. The van der Waals surface area contributed by atoms with Gasteiger partial charge in [0.2, 0.25) is 0 Å². The lowest BCUT2D eigenvalue weighted by Crippen LogP contribution is -2.46. The number of nitrogens with zero attached hydrogens (tertiary/aromatic N) is 1. The Labute approximate surface area is 147 Å². The molecule has 0 aliphatic carbocycles. The zero-order chi connectivity index (χ0) is 17.6. The fraction of sp³-hybridized carbons (Fsp3) is 0.350. The van der Waals surface area contributed by atoms with E-state index in [1.165, 1.54) is 12.1 Å². The molecular formula is C20H23FN2O2. The van der Waals surface area contributed by atoms with Crippen molar-refractivity contribution < 1.29 is 14.3 Å². The van der Waals surface area contributed by atoms with Gasteiger partial charge in [0, 0.05) is 19.7 Å². The fourth-order valence-electron chi connectivity index (χ4n) is 3.22. The third-order valence-corrected chi connectivity index (χ3v) is 4.74. The molecule has 3 rings (SSSR count). The van der Waals surface area contributed by atoms with Gasteiger partial charge in [-0.3, -0.25) is 0 Å². The Bertz CT molecular complexity index is 700. The Morgan fingerprint density at radius 3 is 2.44 bits per heavy atom. The third kappa shape index (κ3) is 4.37. The molecule has 0 saturated carbocycles. The van der Waals surface area contributed by atoms with Crippen molar-refractivity contribution in [2.75, 3.05) is 19.7 Å². The van der Waals surface area contributed by atoms with Crippen molar-refractivity contribution in [3.8, 4) is 0 Å². The maximum absolute atomic E-state index is 13.7. The van der Waals surface area contributed by atoms with Gasteiger partial charge >= 0.3 is 6.03 Å². The number of benzene rings is 2. The Morgan fingerprint density at radius 2 is 1.80 bits per heavy atom. The van der Waals surface area contributed by atoms with E-state index < -0.39 is 6.04 Å².